The van der Waals surface area contributed by atoms with Crippen LogP contribution in [0.4, 0.5) is 0 Å². The van der Waals surface area contributed by atoms with Crippen LogP contribution in [0.25, 0.3) is 11.1 Å². The van der Waals surface area contributed by atoms with Gasteiger partial charge in [-0.05, 0) is 28.8 Å². The third kappa shape index (κ3) is 2.64. The van der Waals surface area contributed by atoms with E-state index in [1.165, 1.54) is 22.2 Å². The van der Waals surface area contributed by atoms with Gasteiger partial charge >= 0.3 is 0 Å². The summed E-state index contributed by atoms with van der Waals surface area (Å²) in [5.41, 5.74) is 5.15. The molecule has 2 rings (SSSR count). The Morgan fingerprint density at radius 2 is 1.62 bits per heavy atom. The van der Waals surface area contributed by atoms with Crippen LogP contribution in [0.5, 0.6) is 0 Å². The lowest BCUT2D eigenvalue weighted by atomic mass is 10.1. The fourth-order valence-corrected chi connectivity index (χ4v) is 1.60. The van der Waals surface area contributed by atoms with Crippen molar-refractivity contribution in [2.45, 2.75) is 6.54 Å². The molecule has 0 fully saturated rings. The molecule has 0 unspecified atom stereocenters. The van der Waals surface area contributed by atoms with Gasteiger partial charge in [0, 0.05) is 18.9 Å². The van der Waals surface area contributed by atoms with Gasteiger partial charge in [-0.1, -0.05) is 36.5 Å². The van der Waals surface area contributed by atoms with Gasteiger partial charge < -0.3 is 5.32 Å². The summed E-state index contributed by atoms with van der Waals surface area (Å²) in [5.74, 6) is 0. The number of pyridine rings is 1. The molecule has 0 saturated carbocycles. The fourth-order valence-electron chi connectivity index (χ4n) is 1.52. The van der Waals surface area contributed by atoms with E-state index in [0.29, 0.717) is 0 Å². The van der Waals surface area contributed by atoms with Gasteiger partial charge in [0.1, 0.15) is 0 Å². The monoisotopic (exact) mass is 228 g/mol. The largest absolute Gasteiger partial charge is 0.378 e. The van der Waals surface area contributed by atoms with Crippen molar-refractivity contribution in [3.63, 3.8) is 0 Å². The zero-order valence-corrected chi connectivity index (χ0v) is 9.58. The predicted molar refractivity (Wildman–Crippen MR) is 70.2 cm³/mol. The third-order valence-electron chi connectivity index (χ3n) is 2.36. The highest BCUT2D eigenvalue weighted by Crippen LogP contribution is 2.18. The average molecular weight is 228 g/mol. The van der Waals surface area contributed by atoms with Crippen LogP contribution >= 0.6 is 12.2 Å². The summed E-state index contributed by atoms with van der Waals surface area (Å²) in [7, 11) is 0. The summed E-state index contributed by atoms with van der Waals surface area (Å²) in [4.78, 5) is 4.00. The first kappa shape index (κ1) is 10.8. The van der Waals surface area contributed by atoms with E-state index in [2.05, 4.69) is 34.6 Å². The molecule has 0 aliphatic rings. The molecule has 80 valence electrons. The molecule has 1 N–H and O–H groups in total. The molecule has 0 aliphatic heterocycles. The van der Waals surface area contributed by atoms with Crippen LogP contribution < -0.4 is 5.32 Å². The van der Waals surface area contributed by atoms with Crippen LogP contribution in [0, 0.1) is 0 Å². The highest BCUT2D eigenvalue weighted by molar-refractivity contribution is 7.78. The van der Waals surface area contributed by atoms with Crippen molar-refractivity contribution in [3.05, 3.63) is 54.4 Å². The van der Waals surface area contributed by atoms with Gasteiger partial charge in [-0.3, -0.25) is 4.98 Å². The van der Waals surface area contributed by atoms with Crippen LogP contribution in [-0.2, 0) is 6.54 Å². The maximum absolute atomic E-state index is 4.71. The number of benzene rings is 1. The van der Waals surface area contributed by atoms with E-state index in [1.54, 1.807) is 12.4 Å². The van der Waals surface area contributed by atoms with Crippen LogP contribution in [-0.4, -0.2) is 10.5 Å². The molecule has 1 aromatic heterocycles. The summed E-state index contributed by atoms with van der Waals surface area (Å²) in [5, 5.41) is 3.00. The maximum Gasteiger partial charge on any atom is 0.0617 e. The molecule has 2 aromatic rings. The molecule has 16 heavy (non-hydrogen) atoms. The van der Waals surface area contributed by atoms with E-state index in [4.69, 9.17) is 12.2 Å². The Morgan fingerprint density at radius 1 is 1.00 bits per heavy atom. The highest BCUT2D eigenvalue weighted by atomic mass is 32.1. The number of rotatable bonds is 4. The number of hydrogen-bond donors (Lipinski definition) is 1. The van der Waals surface area contributed by atoms with Crippen LogP contribution in [0.1, 0.15) is 5.56 Å². The third-order valence-corrected chi connectivity index (χ3v) is 2.52. The van der Waals surface area contributed by atoms with Crippen LogP contribution in [0.3, 0.4) is 0 Å². The molecule has 0 amide bonds. The van der Waals surface area contributed by atoms with E-state index >= 15 is 0 Å². The number of aromatic nitrogens is 1. The van der Waals surface area contributed by atoms with Crippen molar-refractivity contribution in [1.82, 2.24) is 10.3 Å². The van der Waals surface area contributed by atoms with Gasteiger partial charge in [0.2, 0.25) is 0 Å². The lowest BCUT2D eigenvalue weighted by Crippen LogP contribution is -2.07. The smallest absolute Gasteiger partial charge is 0.0617 e. The molecule has 0 bridgehead atoms. The second kappa shape index (κ2) is 5.37. The van der Waals surface area contributed by atoms with E-state index < -0.39 is 0 Å². The van der Waals surface area contributed by atoms with E-state index in [-0.39, 0.29) is 0 Å². The average Bonchev–Trinajstić information content (AvgIpc) is 2.38. The lowest BCUT2D eigenvalue weighted by molar-refractivity contribution is 0.944. The number of nitrogens with one attached hydrogen (secondary N) is 1. The van der Waals surface area contributed by atoms with Gasteiger partial charge in [0.25, 0.3) is 0 Å². The van der Waals surface area contributed by atoms with Crippen molar-refractivity contribution < 1.29 is 0 Å². The van der Waals surface area contributed by atoms with Gasteiger partial charge in [0.05, 0.1) is 5.49 Å². The van der Waals surface area contributed by atoms with Gasteiger partial charge in [-0.2, -0.15) is 0 Å². The zero-order chi connectivity index (χ0) is 11.2. The molecule has 2 nitrogen and oxygen atoms in total. The Balaban J connectivity index is 2.16. The van der Waals surface area contributed by atoms with Crippen LogP contribution in [0.2, 0.25) is 0 Å². The first-order valence-corrected chi connectivity index (χ1v) is 5.53. The van der Waals surface area contributed by atoms with Crippen LogP contribution in [0.15, 0.2) is 48.8 Å². The SMILES string of the molecule is S=CNCc1ccc(-c2ccncc2)cc1. The molecular weight excluding hydrogens is 216 g/mol. The summed E-state index contributed by atoms with van der Waals surface area (Å²) in [6, 6.07) is 12.4. The molecule has 3 heteroatoms. The summed E-state index contributed by atoms with van der Waals surface area (Å²) < 4.78 is 0. The second-order valence-electron chi connectivity index (χ2n) is 3.43. The Labute approximate surface area is 100 Å². The van der Waals surface area contributed by atoms with Crippen molar-refractivity contribution in [2.75, 3.05) is 0 Å². The standard InChI is InChI=1S/C13H12N2S/c16-10-15-9-11-1-3-12(4-2-11)13-5-7-14-8-6-13/h1-8,10H,9H2,(H,15,16). The predicted octanol–water partition coefficient (Wildman–Crippen LogP) is 2.80. The zero-order valence-electron chi connectivity index (χ0n) is 8.76. The van der Waals surface area contributed by atoms with Gasteiger partial charge in [-0.15, -0.1) is 0 Å². The maximum atomic E-state index is 4.71. The quantitative estimate of drug-likeness (QED) is 0.814. The Bertz CT molecular complexity index is 451. The first-order valence-electron chi connectivity index (χ1n) is 5.06. The minimum atomic E-state index is 0.778. The molecule has 0 spiro atoms. The summed E-state index contributed by atoms with van der Waals surface area (Å²) in [6.45, 7) is 0.778. The Hall–Kier alpha value is -1.74. The van der Waals surface area contributed by atoms with E-state index in [0.717, 1.165) is 6.54 Å². The van der Waals surface area contributed by atoms with E-state index in [1.807, 2.05) is 12.1 Å². The minimum Gasteiger partial charge on any atom is -0.378 e. The summed E-state index contributed by atoms with van der Waals surface area (Å²) >= 11 is 4.71. The molecule has 0 radical (unpaired) electrons. The Kier molecular flexibility index (Phi) is 3.62. The molecular formula is C13H12N2S. The molecule has 1 heterocycles. The summed E-state index contributed by atoms with van der Waals surface area (Å²) in [6.07, 6.45) is 3.61. The molecule has 0 aliphatic carbocycles. The molecule has 1 aromatic carbocycles. The lowest BCUT2D eigenvalue weighted by Gasteiger charge is -2.03. The van der Waals surface area contributed by atoms with Crippen molar-refractivity contribution >= 4 is 17.7 Å². The van der Waals surface area contributed by atoms with Gasteiger partial charge in [-0.25, -0.2) is 0 Å². The first-order chi connectivity index (χ1) is 7.90. The Morgan fingerprint density at radius 3 is 2.25 bits per heavy atom. The van der Waals surface area contributed by atoms with Gasteiger partial charge in [0.15, 0.2) is 0 Å². The van der Waals surface area contributed by atoms with Crippen molar-refractivity contribution in [3.8, 4) is 11.1 Å². The minimum absolute atomic E-state index is 0.778. The van der Waals surface area contributed by atoms with Crippen molar-refractivity contribution in [1.29, 1.82) is 0 Å². The highest BCUT2D eigenvalue weighted by Gasteiger charge is 1.96. The fraction of sp³-hybridized carbons (Fsp3) is 0.0769. The number of hydrogen-bond acceptors (Lipinski definition) is 2. The normalized spacial score (nSPS) is 9.75. The number of nitrogens with zero attached hydrogens (tertiary/aromatic N) is 1. The molecule has 0 atom stereocenters. The van der Waals surface area contributed by atoms with E-state index in [9.17, 15) is 0 Å². The van der Waals surface area contributed by atoms with Crippen molar-refractivity contribution in [2.24, 2.45) is 0 Å². The number of thiocarbonyl (C=S) groups is 1. The second-order valence-corrected chi connectivity index (χ2v) is 3.67. The topological polar surface area (TPSA) is 24.9 Å². The molecule has 0 saturated heterocycles.